The Labute approximate surface area is 137 Å². The largest absolute Gasteiger partial charge is 0.338 e. The van der Waals surface area contributed by atoms with E-state index in [4.69, 9.17) is 4.98 Å². The van der Waals surface area contributed by atoms with Crippen LogP contribution in [0.2, 0.25) is 0 Å². The van der Waals surface area contributed by atoms with Crippen LogP contribution < -0.4 is 0 Å². The molecule has 0 atom stereocenters. The molecule has 2 fully saturated rings. The minimum absolute atomic E-state index is 0.292. The molecule has 1 saturated carbocycles. The molecule has 4 heteroatoms. The maximum atomic E-state index is 12.5. The second-order valence-electron chi connectivity index (χ2n) is 7.36. The van der Waals surface area contributed by atoms with Crippen LogP contribution in [0.5, 0.6) is 0 Å². The number of amides is 1. The quantitative estimate of drug-likeness (QED) is 0.866. The topological polar surface area (TPSA) is 38.1 Å². The van der Waals surface area contributed by atoms with Crippen LogP contribution in [0.4, 0.5) is 0 Å². The summed E-state index contributed by atoms with van der Waals surface area (Å²) in [6, 6.07) is 8.73. The highest BCUT2D eigenvalue weighted by atomic mass is 16.2. The van der Waals surface area contributed by atoms with Crippen molar-refractivity contribution in [2.45, 2.75) is 51.5 Å². The third-order valence-corrected chi connectivity index (χ3v) is 5.38. The van der Waals surface area contributed by atoms with Crippen molar-refractivity contribution < 1.29 is 4.79 Å². The third-order valence-electron chi connectivity index (χ3n) is 5.38. The number of aromatic nitrogens is 2. The van der Waals surface area contributed by atoms with Gasteiger partial charge in [0, 0.05) is 24.9 Å². The lowest BCUT2D eigenvalue weighted by molar-refractivity contribution is -0.141. The van der Waals surface area contributed by atoms with E-state index in [-0.39, 0.29) is 0 Å². The van der Waals surface area contributed by atoms with Gasteiger partial charge in [0.1, 0.15) is 5.82 Å². The Kier molecular flexibility index (Phi) is 3.63. The molecule has 1 amide bonds. The molecule has 0 spiro atoms. The fraction of sp³-hybridized carbons (Fsp3) is 0.579. The Balaban J connectivity index is 1.57. The van der Waals surface area contributed by atoms with Crippen LogP contribution in [0.1, 0.15) is 57.3 Å². The van der Waals surface area contributed by atoms with E-state index in [1.165, 1.54) is 18.4 Å². The molecular formula is C19H25N3O. The van der Waals surface area contributed by atoms with Gasteiger partial charge >= 0.3 is 0 Å². The van der Waals surface area contributed by atoms with Crippen LogP contribution in [-0.2, 0) is 4.79 Å². The van der Waals surface area contributed by atoms with E-state index in [2.05, 4.69) is 41.5 Å². The van der Waals surface area contributed by atoms with Crippen molar-refractivity contribution in [1.82, 2.24) is 14.5 Å². The molecule has 1 aliphatic carbocycles. The second-order valence-corrected chi connectivity index (χ2v) is 7.36. The van der Waals surface area contributed by atoms with Gasteiger partial charge in [-0.25, -0.2) is 4.98 Å². The highest BCUT2D eigenvalue weighted by molar-refractivity contribution is 5.80. The average molecular weight is 311 g/mol. The second kappa shape index (κ2) is 5.66. The molecule has 0 unspecified atom stereocenters. The van der Waals surface area contributed by atoms with Crippen LogP contribution in [0.15, 0.2) is 24.3 Å². The average Bonchev–Trinajstić information content (AvgIpc) is 3.13. The molecule has 0 bridgehead atoms. The van der Waals surface area contributed by atoms with Gasteiger partial charge in [-0.05, 0) is 25.0 Å². The Morgan fingerprint density at radius 2 is 1.87 bits per heavy atom. The molecule has 4 nitrogen and oxygen atoms in total. The summed E-state index contributed by atoms with van der Waals surface area (Å²) in [6.07, 6.45) is 4.62. The molecule has 122 valence electrons. The molecule has 0 N–H and O–H groups in total. The highest BCUT2D eigenvalue weighted by Crippen LogP contribution is 2.34. The van der Waals surface area contributed by atoms with E-state index in [1.807, 2.05) is 6.07 Å². The van der Waals surface area contributed by atoms with Gasteiger partial charge in [0.15, 0.2) is 0 Å². The van der Waals surface area contributed by atoms with E-state index < -0.39 is 0 Å². The molecule has 1 aromatic heterocycles. The number of benzene rings is 1. The maximum absolute atomic E-state index is 12.5. The number of likely N-dealkylation sites (tertiary alicyclic amines) is 1. The van der Waals surface area contributed by atoms with Gasteiger partial charge in [-0.2, -0.15) is 0 Å². The lowest BCUT2D eigenvalue weighted by Crippen LogP contribution is -2.52. The zero-order valence-electron chi connectivity index (χ0n) is 14.0. The Morgan fingerprint density at radius 3 is 2.57 bits per heavy atom. The molecule has 2 aromatic rings. The number of hydrogen-bond acceptors (Lipinski definition) is 2. The van der Waals surface area contributed by atoms with Gasteiger partial charge in [-0.1, -0.05) is 38.8 Å². The Morgan fingerprint density at radius 1 is 1.17 bits per heavy atom. The van der Waals surface area contributed by atoms with E-state index >= 15 is 0 Å². The zero-order chi connectivity index (χ0) is 16.0. The van der Waals surface area contributed by atoms with Gasteiger partial charge in [0.25, 0.3) is 0 Å². The van der Waals surface area contributed by atoms with E-state index in [9.17, 15) is 4.79 Å². The first-order valence-corrected chi connectivity index (χ1v) is 8.91. The number of rotatable bonds is 3. The molecule has 1 aliphatic heterocycles. The number of nitrogens with zero attached hydrogens (tertiary/aromatic N) is 3. The summed E-state index contributed by atoms with van der Waals surface area (Å²) in [5.74, 6) is 2.21. The summed E-state index contributed by atoms with van der Waals surface area (Å²) in [4.78, 5) is 19.4. The predicted molar refractivity (Wildman–Crippen MR) is 91.4 cm³/mol. The molecule has 4 rings (SSSR count). The Bertz CT molecular complexity index is 721. The van der Waals surface area contributed by atoms with Crippen molar-refractivity contribution in [2.24, 2.45) is 5.92 Å². The summed E-state index contributed by atoms with van der Waals surface area (Å²) in [6.45, 7) is 6.07. The fourth-order valence-electron chi connectivity index (χ4n) is 4.08. The predicted octanol–water partition coefficient (Wildman–Crippen LogP) is 3.73. The van der Waals surface area contributed by atoms with Gasteiger partial charge in [-0.3, -0.25) is 4.79 Å². The summed E-state index contributed by atoms with van der Waals surface area (Å²) < 4.78 is 2.37. The highest BCUT2D eigenvalue weighted by Gasteiger charge is 2.37. The summed E-state index contributed by atoms with van der Waals surface area (Å²) >= 11 is 0. The number of hydrogen-bond donors (Lipinski definition) is 0. The minimum atomic E-state index is 0.292. The Hall–Kier alpha value is -1.84. The van der Waals surface area contributed by atoms with Gasteiger partial charge in [-0.15, -0.1) is 0 Å². The fourth-order valence-corrected chi connectivity index (χ4v) is 4.08. The van der Waals surface area contributed by atoms with Crippen molar-refractivity contribution in [3.05, 3.63) is 30.1 Å². The van der Waals surface area contributed by atoms with Crippen molar-refractivity contribution in [3.8, 4) is 0 Å². The normalized spacial score (nSPS) is 19.7. The summed E-state index contributed by atoms with van der Waals surface area (Å²) in [7, 11) is 0. The SMILES string of the molecule is CC(C)c1nc2ccccc2n1C1CN(C(=O)C2CCCC2)C1. The number of para-hydroxylation sites is 2. The van der Waals surface area contributed by atoms with Crippen molar-refractivity contribution >= 4 is 16.9 Å². The maximum Gasteiger partial charge on any atom is 0.225 e. The standard InChI is InChI=1S/C19H25N3O/c1-13(2)18-20-16-9-5-6-10-17(16)22(18)15-11-21(12-15)19(23)14-7-3-4-8-14/h5-6,9-10,13-15H,3-4,7-8,11-12H2,1-2H3. The third kappa shape index (κ3) is 2.44. The van der Waals surface area contributed by atoms with Gasteiger partial charge in [0.05, 0.1) is 17.1 Å². The van der Waals surface area contributed by atoms with Gasteiger partial charge < -0.3 is 9.47 Å². The number of fused-ring (bicyclic) bond motifs is 1. The molecule has 1 saturated heterocycles. The number of carbonyl (C=O) groups is 1. The summed E-state index contributed by atoms with van der Waals surface area (Å²) in [5.41, 5.74) is 2.27. The lowest BCUT2D eigenvalue weighted by Gasteiger charge is -2.42. The van der Waals surface area contributed by atoms with Crippen LogP contribution in [0.25, 0.3) is 11.0 Å². The van der Waals surface area contributed by atoms with Crippen LogP contribution in [0, 0.1) is 5.92 Å². The number of imidazole rings is 1. The lowest BCUT2D eigenvalue weighted by atomic mass is 10.0. The summed E-state index contributed by atoms with van der Waals surface area (Å²) in [5, 5.41) is 0. The molecular weight excluding hydrogens is 286 g/mol. The molecule has 1 aromatic carbocycles. The zero-order valence-corrected chi connectivity index (χ0v) is 14.0. The van der Waals surface area contributed by atoms with E-state index in [0.717, 1.165) is 37.3 Å². The first-order chi connectivity index (χ1) is 11.1. The van der Waals surface area contributed by atoms with Crippen LogP contribution in [-0.4, -0.2) is 33.4 Å². The van der Waals surface area contributed by atoms with Crippen molar-refractivity contribution in [2.75, 3.05) is 13.1 Å². The van der Waals surface area contributed by atoms with E-state index in [1.54, 1.807) is 0 Å². The molecule has 2 heterocycles. The minimum Gasteiger partial charge on any atom is -0.338 e. The first-order valence-electron chi connectivity index (χ1n) is 8.91. The molecule has 23 heavy (non-hydrogen) atoms. The monoisotopic (exact) mass is 311 g/mol. The smallest absolute Gasteiger partial charge is 0.225 e. The molecule has 0 radical (unpaired) electrons. The van der Waals surface area contributed by atoms with Crippen LogP contribution >= 0.6 is 0 Å². The van der Waals surface area contributed by atoms with Gasteiger partial charge in [0.2, 0.25) is 5.91 Å². The number of carbonyl (C=O) groups excluding carboxylic acids is 1. The first kappa shape index (κ1) is 14.7. The van der Waals surface area contributed by atoms with Crippen molar-refractivity contribution in [1.29, 1.82) is 0 Å². The van der Waals surface area contributed by atoms with Crippen molar-refractivity contribution in [3.63, 3.8) is 0 Å². The molecule has 2 aliphatic rings. The van der Waals surface area contributed by atoms with Crippen LogP contribution in [0.3, 0.4) is 0 Å². The van der Waals surface area contributed by atoms with E-state index in [0.29, 0.717) is 23.8 Å².